The Balaban J connectivity index is 2.11. The molecule has 0 aliphatic carbocycles. The Bertz CT molecular complexity index is 596. The minimum absolute atomic E-state index is 0.0632. The Hall–Kier alpha value is -2.33. The highest BCUT2D eigenvalue weighted by atomic mass is 16.5. The lowest BCUT2D eigenvalue weighted by atomic mass is 10.1. The Morgan fingerprint density at radius 2 is 1.95 bits per heavy atom. The molecular weight excluding hydrogens is 254 g/mol. The molecule has 2 aromatic carbocycles. The van der Waals surface area contributed by atoms with Crippen molar-refractivity contribution in [1.29, 1.82) is 0 Å². The van der Waals surface area contributed by atoms with Gasteiger partial charge >= 0.3 is 0 Å². The van der Waals surface area contributed by atoms with E-state index in [1.165, 1.54) is 0 Å². The van der Waals surface area contributed by atoms with Gasteiger partial charge in [-0.1, -0.05) is 36.4 Å². The van der Waals surface area contributed by atoms with Crippen molar-refractivity contribution in [3.8, 4) is 5.75 Å². The van der Waals surface area contributed by atoms with Gasteiger partial charge in [-0.15, -0.1) is 0 Å². The highest BCUT2D eigenvalue weighted by Gasteiger charge is 2.12. The molecule has 0 saturated carbocycles. The molecule has 0 radical (unpaired) electrons. The molecule has 104 valence electrons. The van der Waals surface area contributed by atoms with E-state index in [0.29, 0.717) is 11.3 Å². The van der Waals surface area contributed by atoms with Gasteiger partial charge in [-0.3, -0.25) is 4.79 Å². The summed E-state index contributed by atoms with van der Waals surface area (Å²) < 4.78 is 5.54. The number of amides is 1. The lowest BCUT2D eigenvalue weighted by Crippen LogP contribution is -2.15. The van der Waals surface area contributed by atoms with E-state index in [9.17, 15) is 9.90 Å². The van der Waals surface area contributed by atoms with Crippen LogP contribution < -0.4 is 10.5 Å². The quantitative estimate of drug-likeness (QED) is 0.875. The van der Waals surface area contributed by atoms with Crippen LogP contribution in [0.2, 0.25) is 0 Å². The highest BCUT2D eigenvalue weighted by molar-refractivity contribution is 5.95. The summed E-state index contributed by atoms with van der Waals surface area (Å²) in [6.07, 6.45) is -0.752. The number of primary amides is 1. The molecule has 0 heterocycles. The average Bonchev–Trinajstić information content (AvgIpc) is 2.45. The zero-order valence-electron chi connectivity index (χ0n) is 11.2. The van der Waals surface area contributed by atoms with E-state index in [1.807, 2.05) is 37.3 Å². The van der Waals surface area contributed by atoms with Crippen molar-refractivity contribution >= 4 is 5.91 Å². The third-order valence-electron chi connectivity index (χ3n) is 2.98. The second-order valence-corrected chi connectivity index (χ2v) is 4.60. The highest BCUT2D eigenvalue weighted by Crippen LogP contribution is 2.22. The van der Waals surface area contributed by atoms with Gasteiger partial charge in [0, 0.05) is 0 Å². The molecule has 2 rings (SSSR count). The van der Waals surface area contributed by atoms with Crippen LogP contribution in [-0.2, 0) is 0 Å². The predicted molar refractivity (Wildman–Crippen MR) is 76.6 cm³/mol. The number of nitrogens with two attached hydrogens (primary N) is 1. The number of carbonyl (C=O) groups is 1. The van der Waals surface area contributed by atoms with Gasteiger partial charge in [-0.05, 0) is 30.2 Å². The standard InChI is InChI=1S/C16H17NO3/c1-11-7-8-13(16(17)19)15(9-11)20-10-14(18)12-5-3-2-4-6-12/h2-9,14,18H,10H2,1H3,(H2,17,19). The van der Waals surface area contributed by atoms with Crippen molar-refractivity contribution in [1.82, 2.24) is 0 Å². The maximum Gasteiger partial charge on any atom is 0.252 e. The number of ether oxygens (including phenoxy) is 1. The van der Waals surface area contributed by atoms with Crippen LogP contribution in [0.25, 0.3) is 0 Å². The molecule has 0 spiro atoms. The van der Waals surface area contributed by atoms with Gasteiger partial charge in [0.25, 0.3) is 5.91 Å². The monoisotopic (exact) mass is 271 g/mol. The number of rotatable bonds is 5. The molecule has 2 aromatic rings. The SMILES string of the molecule is Cc1ccc(C(N)=O)c(OCC(O)c2ccccc2)c1. The fourth-order valence-corrected chi connectivity index (χ4v) is 1.89. The van der Waals surface area contributed by atoms with Gasteiger partial charge < -0.3 is 15.6 Å². The van der Waals surface area contributed by atoms with E-state index in [0.717, 1.165) is 11.1 Å². The molecule has 0 saturated heterocycles. The van der Waals surface area contributed by atoms with Gasteiger partial charge in [-0.25, -0.2) is 0 Å². The number of aryl methyl sites for hydroxylation is 1. The molecular formula is C16H17NO3. The second kappa shape index (κ2) is 6.21. The van der Waals surface area contributed by atoms with Crippen LogP contribution in [0.5, 0.6) is 5.75 Å². The predicted octanol–water partition coefficient (Wildman–Crippen LogP) is 2.21. The smallest absolute Gasteiger partial charge is 0.252 e. The summed E-state index contributed by atoms with van der Waals surface area (Å²) in [6, 6.07) is 14.4. The van der Waals surface area contributed by atoms with Crippen molar-refractivity contribution in [2.45, 2.75) is 13.0 Å². The molecule has 1 unspecified atom stereocenters. The van der Waals surface area contributed by atoms with Crippen LogP contribution in [0.15, 0.2) is 48.5 Å². The zero-order chi connectivity index (χ0) is 14.5. The van der Waals surface area contributed by atoms with Crippen LogP contribution in [0.1, 0.15) is 27.6 Å². The largest absolute Gasteiger partial charge is 0.490 e. The minimum atomic E-state index is -0.752. The minimum Gasteiger partial charge on any atom is -0.490 e. The van der Waals surface area contributed by atoms with Crippen LogP contribution >= 0.6 is 0 Å². The summed E-state index contributed by atoms with van der Waals surface area (Å²) in [5, 5.41) is 10.0. The first kappa shape index (κ1) is 14.1. The molecule has 0 fully saturated rings. The van der Waals surface area contributed by atoms with Crippen molar-refractivity contribution in [3.05, 3.63) is 65.2 Å². The first-order valence-corrected chi connectivity index (χ1v) is 6.34. The summed E-state index contributed by atoms with van der Waals surface area (Å²) in [5.74, 6) is -0.151. The van der Waals surface area contributed by atoms with E-state index >= 15 is 0 Å². The molecule has 0 bridgehead atoms. The van der Waals surface area contributed by atoms with E-state index in [-0.39, 0.29) is 6.61 Å². The number of hydrogen-bond acceptors (Lipinski definition) is 3. The zero-order valence-corrected chi connectivity index (χ0v) is 11.2. The summed E-state index contributed by atoms with van der Waals surface area (Å²) in [5.41, 5.74) is 7.34. The Morgan fingerprint density at radius 1 is 1.25 bits per heavy atom. The van der Waals surface area contributed by atoms with E-state index in [4.69, 9.17) is 10.5 Å². The normalized spacial score (nSPS) is 11.9. The van der Waals surface area contributed by atoms with Gasteiger partial charge in [0.1, 0.15) is 18.5 Å². The first-order chi connectivity index (χ1) is 9.58. The second-order valence-electron chi connectivity index (χ2n) is 4.60. The van der Waals surface area contributed by atoms with Crippen molar-refractivity contribution in [3.63, 3.8) is 0 Å². The molecule has 4 nitrogen and oxygen atoms in total. The fourth-order valence-electron chi connectivity index (χ4n) is 1.89. The summed E-state index contributed by atoms with van der Waals surface area (Å²) in [4.78, 5) is 11.3. The number of aliphatic hydroxyl groups is 1. The molecule has 0 aliphatic heterocycles. The molecule has 1 amide bonds. The van der Waals surface area contributed by atoms with Gasteiger partial charge in [0.15, 0.2) is 0 Å². The topological polar surface area (TPSA) is 72.6 Å². The first-order valence-electron chi connectivity index (χ1n) is 6.34. The Labute approximate surface area is 117 Å². The summed E-state index contributed by atoms with van der Waals surface area (Å²) in [6.45, 7) is 1.96. The van der Waals surface area contributed by atoms with Crippen molar-refractivity contribution in [2.24, 2.45) is 5.73 Å². The maximum absolute atomic E-state index is 11.3. The molecule has 4 heteroatoms. The van der Waals surface area contributed by atoms with Crippen LogP contribution in [0, 0.1) is 6.92 Å². The number of benzene rings is 2. The molecule has 1 atom stereocenters. The summed E-state index contributed by atoms with van der Waals surface area (Å²) >= 11 is 0. The number of hydrogen-bond donors (Lipinski definition) is 2. The van der Waals surface area contributed by atoms with Gasteiger partial charge in [0.2, 0.25) is 0 Å². The van der Waals surface area contributed by atoms with E-state index in [1.54, 1.807) is 18.2 Å². The molecule has 3 N–H and O–H groups in total. The average molecular weight is 271 g/mol. The lowest BCUT2D eigenvalue weighted by Gasteiger charge is -2.14. The Kier molecular flexibility index (Phi) is 4.38. The fraction of sp³-hybridized carbons (Fsp3) is 0.188. The maximum atomic E-state index is 11.3. The summed E-state index contributed by atoms with van der Waals surface area (Å²) in [7, 11) is 0. The van der Waals surface area contributed by atoms with Crippen LogP contribution in [-0.4, -0.2) is 17.6 Å². The third-order valence-corrected chi connectivity index (χ3v) is 2.98. The van der Waals surface area contributed by atoms with Crippen molar-refractivity contribution < 1.29 is 14.6 Å². The third kappa shape index (κ3) is 3.36. The number of aliphatic hydroxyl groups excluding tert-OH is 1. The van der Waals surface area contributed by atoms with Crippen molar-refractivity contribution in [2.75, 3.05) is 6.61 Å². The van der Waals surface area contributed by atoms with E-state index in [2.05, 4.69) is 0 Å². The van der Waals surface area contributed by atoms with Gasteiger partial charge in [-0.2, -0.15) is 0 Å². The lowest BCUT2D eigenvalue weighted by molar-refractivity contribution is 0.0967. The molecule has 0 aliphatic rings. The Morgan fingerprint density at radius 3 is 2.60 bits per heavy atom. The molecule has 0 aromatic heterocycles. The van der Waals surface area contributed by atoms with Gasteiger partial charge in [0.05, 0.1) is 5.56 Å². The number of carbonyl (C=O) groups excluding carboxylic acids is 1. The van der Waals surface area contributed by atoms with Crippen LogP contribution in [0.3, 0.4) is 0 Å². The van der Waals surface area contributed by atoms with Crippen LogP contribution in [0.4, 0.5) is 0 Å². The van der Waals surface area contributed by atoms with E-state index < -0.39 is 12.0 Å². The molecule has 20 heavy (non-hydrogen) atoms.